The molecule has 4 N–H and O–H groups in total. The van der Waals surface area contributed by atoms with Crippen molar-refractivity contribution in [3.8, 4) is 33.0 Å². The number of fused-ring (bicyclic) bond motifs is 1. The van der Waals surface area contributed by atoms with Crippen molar-refractivity contribution in [3.63, 3.8) is 0 Å². The molecule has 4 heterocycles. The molecule has 0 bridgehead atoms. The number of hydrogen-bond donors (Lipinski definition) is 4. The summed E-state index contributed by atoms with van der Waals surface area (Å²) in [5.41, 5.74) is 12.5. The van der Waals surface area contributed by atoms with Gasteiger partial charge in [0, 0.05) is 61.8 Å². The van der Waals surface area contributed by atoms with Crippen LogP contribution in [0.3, 0.4) is 0 Å². The van der Waals surface area contributed by atoms with Crippen LogP contribution in [-0.4, -0.2) is 78.5 Å². The van der Waals surface area contributed by atoms with E-state index in [0.717, 1.165) is 88.4 Å². The van der Waals surface area contributed by atoms with Gasteiger partial charge in [0.25, 0.3) is 0 Å². The van der Waals surface area contributed by atoms with E-state index in [-0.39, 0.29) is 42.5 Å². The van der Waals surface area contributed by atoms with E-state index in [1.165, 1.54) is 91.5 Å². The fraction of sp³-hybridized carbons (Fsp3) is 0.508. The quantitative estimate of drug-likeness (QED) is 0.0392. The largest absolute Gasteiger partial charge is 0.391 e. The number of carbonyl (C=O) groups is 3. The van der Waals surface area contributed by atoms with E-state index in [0.29, 0.717) is 11.9 Å². The number of likely N-dealkylation sites (tertiary alicyclic amines) is 1. The SMILES string of the molecule is Cc1cc(CNCCCCCCCCCCCCCCCC(=O)N[C@H](C(=O)N2C[C@H](O)C[C@H]2C(=O)N[C@@H](C)c2ccc(-c3scnc3C)cc2)C(C)(C)C)cc(C)c1-c1ncn(C)c1-c1ccnc2cc(F)ccc12. The van der Waals surface area contributed by atoms with Crippen molar-refractivity contribution in [2.24, 2.45) is 12.5 Å². The first-order valence-corrected chi connectivity index (χ1v) is 28.3. The van der Waals surface area contributed by atoms with Gasteiger partial charge in [-0.05, 0) is 98.5 Å². The molecular formula is C61H81FN8O4S. The van der Waals surface area contributed by atoms with Gasteiger partial charge in [0.2, 0.25) is 17.7 Å². The van der Waals surface area contributed by atoms with Gasteiger partial charge in [0.15, 0.2) is 0 Å². The number of pyridine rings is 1. The third-order valence-electron chi connectivity index (χ3n) is 14.9. The molecule has 14 heteroatoms. The van der Waals surface area contributed by atoms with E-state index in [1.807, 2.05) is 88.4 Å². The van der Waals surface area contributed by atoms with Gasteiger partial charge < -0.3 is 30.5 Å². The first-order valence-electron chi connectivity index (χ1n) is 27.5. The summed E-state index contributed by atoms with van der Waals surface area (Å²) in [5.74, 6) is -1.11. The Morgan fingerprint density at radius 3 is 2.08 bits per heavy atom. The zero-order chi connectivity index (χ0) is 53.6. The number of rotatable bonds is 26. The summed E-state index contributed by atoms with van der Waals surface area (Å²) in [6.07, 6.45) is 18.5. The Labute approximate surface area is 448 Å². The van der Waals surface area contributed by atoms with Crippen LogP contribution in [0.4, 0.5) is 4.39 Å². The summed E-state index contributed by atoms with van der Waals surface area (Å²) < 4.78 is 16.1. The molecule has 1 fully saturated rings. The van der Waals surface area contributed by atoms with Crippen molar-refractivity contribution in [1.29, 1.82) is 0 Å². The number of β-amino-alcohol motifs (C(OH)–C–C–N with tert-alkyl or cyclic N) is 1. The van der Waals surface area contributed by atoms with Crippen LogP contribution in [0.15, 0.2) is 78.7 Å². The number of carbonyl (C=O) groups excluding carboxylic acids is 3. The summed E-state index contributed by atoms with van der Waals surface area (Å²) in [7, 11) is 2.00. The van der Waals surface area contributed by atoms with E-state index in [2.05, 4.69) is 51.9 Å². The highest BCUT2D eigenvalue weighted by atomic mass is 32.1. The predicted octanol–water partition coefficient (Wildman–Crippen LogP) is 12.4. The molecule has 1 saturated heterocycles. The van der Waals surface area contributed by atoms with Crippen LogP contribution in [-0.2, 0) is 28.0 Å². The Kier molecular flexibility index (Phi) is 20.3. The monoisotopic (exact) mass is 1040 g/mol. The molecular weight excluding hydrogens is 960 g/mol. The van der Waals surface area contributed by atoms with Crippen molar-refractivity contribution in [2.75, 3.05) is 13.1 Å². The van der Waals surface area contributed by atoms with E-state index in [1.54, 1.807) is 23.6 Å². The number of hydrogen-bond acceptors (Lipinski definition) is 9. The van der Waals surface area contributed by atoms with Gasteiger partial charge in [-0.1, -0.05) is 128 Å². The van der Waals surface area contributed by atoms with Gasteiger partial charge in [0.05, 0.1) is 51.5 Å². The molecule has 1 aliphatic heterocycles. The van der Waals surface area contributed by atoms with Crippen molar-refractivity contribution >= 4 is 40.0 Å². The van der Waals surface area contributed by atoms with Crippen LogP contribution >= 0.6 is 11.3 Å². The maximum atomic E-state index is 14.1. The Morgan fingerprint density at radius 2 is 1.45 bits per heavy atom. The Balaban J connectivity index is 0.721. The van der Waals surface area contributed by atoms with Gasteiger partial charge in [-0.25, -0.2) is 14.4 Å². The normalized spacial score (nSPS) is 15.6. The fourth-order valence-electron chi connectivity index (χ4n) is 10.7. The standard InChI is InChI=1S/C61H81FN8O4S/c1-40-32-44(33-41(2)54(40)55-56(69(8)38-65-55)50-29-31-64-51-34-47(62)27-28-49(50)51)36-63-30-21-19-17-15-13-11-9-10-12-14-16-18-20-22-53(72)68-58(61(5,6)7)60(74)70-37-48(71)35-52(70)59(73)67-42(3)45-23-25-46(26-24-45)57-43(4)66-39-75-57/h23-29,31-34,38-39,42,48,52,58,63,71H,9-22,30,35-37H2,1-8H3,(H,67,73)(H,68,72)/t42-,48+,52-,58+/m0/s1. The summed E-state index contributed by atoms with van der Waals surface area (Å²) in [6.45, 7) is 15.8. The number of imidazole rings is 1. The highest BCUT2D eigenvalue weighted by Gasteiger charge is 2.44. The molecule has 1 aliphatic rings. The first-order chi connectivity index (χ1) is 36.0. The Hall–Kier alpha value is -5.83. The maximum absolute atomic E-state index is 14.1. The molecule has 4 atom stereocenters. The van der Waals surface area contributed by atoms with Crippen molar-refractivity contribution in [2.45, 2.75) is 176 Å². The maximum Gasteiger partial charge on any atom is 0.246 e. The number of aryl methyl sites for hydroxylation is 4. The van der Waals surface area contributed by atoms with Gasteiger partial charge in [-0.2, -0.15) is 0 Å². The second kappa shape index (κ2) is 26.8. The number of amides is 3. The molecule has 3 amide bonds. The minimum Gasteiger partial charge on any atom is -0.391 e. The third-order valence-corrected chi connectivity index (χ3v) is 15.9. The number of halogens is 1. The average Bonchev–Trinajstić information content (AvgIpc) is 4.11. The topological polar surface area (TPSA) is 154 Å². The van der Waals surface area contributed by atoms with Gasteiger partial charge in [-0.15, -0.1) is 11.3 Å². The summed E-state index contributed by atoms with van der Waals surface area (Å²) in [6, 6.07) is 17.4. The van der Waals surface area contributed by atoms with Crippen LogP contribution in [0.2, 0.25) is 0 Å². The zero-order valence-electron chi connectivity index (χ0n) is 45.7. The predicted molar refractivity (Wildman–Crippen MR) is 302 cm³/mol. The zero-order valence-corrected chi connectivity index (χ0v) is 46.6. The van der Waals surface area contributed by atoms with Crippen LogP contribution < -0.4 is 16.0 Å². The van der Waals surface area contributed by atoms with Crippen LogP contribution in [0.1, 0.15) is 158 Å². The van der Waals surface area contributed by atoms with Gasteiger partial charge in [0.1, 0.15) is 17.9 Å². The lowest BCUT2D eigenvalue weighted by Crippen LogP contribution is -2.57. The molecule has 0 aliphatic carbocycles. The molecule has 3 aromatic heterocycles. The number of nitrogens with zero attached hydrogens (tertiary/aromatic N) is 5. The summed E-state index contributed by atoms with van der Waals surface area (Å²) >= 11 is 1.59. The number of unbranched alkanes of at least 4 members (excludes halogenated alkanes) is 12. The molecule has 7 rings (SSSR count). The number of benzene rings is 3. The van der Waals surface area contributed by atoms with E-state index < -0.39 is 23.6 Å². The van der Waals surface area contributed by atoms with Gasteiger partial charge in [-0.3, -0.25) is 19.4 Å². The van der Waals surface area contributed by atoms with Crippen LogP contribution in [0, 0.1) is 32.0 Å². The Bertz CT molecular complexity index is 2830. The molecule has 75 heavy (non-hydrogen) atoms. The summed E-state index contributed by atoms with van der Waals surface area (Å²) in [5, 5.41) is 21.3. The van der Waals surface area contributed by atoms with Crippen molar-refractivity contribution < 1.29 is 23.9 Å². The average molecular weight is 1040 g/mol. The molecule has 0 unspecified atom stereocenters. The molecule has 0 saturated carbocycles. The number of nitrogens with one attached hydrogen (secondary N) is 3. The molecule has 0 spiro atoms. The minimum absolute atomic E-state index is 0.0465. The third kappa shape index (κ3) is 15.2. The second-order valence-electron chi connectivity index (χ2n) is 22.1. The van der Waals surface area contributed by atoms with E-state index >= 15 is 0 Å². The molecule has 0 radical (unpaired) electrons. The molecule has 6 aromatic rings. The molecule has 3 aromatic carbocycles. The first kappa shape index (κ1) is 56.9. The van der Waals surface area contributed by atoms with Crippen LogP contribution in [0.5, 0.6) is 0 Å². The second-order valence-corrected chi connectivity index (χ2v) is 22.9. The lowest BCUT2D eigenvalue weighted by atomic mass is 9.85. The highest BCUT2D eigenvalue weighted by Crippen LogP contribution is 2.38. The minimum atomic E-state index is -0.833. The molecule has 402 valence electrons. The Morgan fingerprint density at radius 1 is 0.813 bits per heavy atom. The van der Waals surface area contributed by atoms with Crippen molar-refractivity contribution in [3.05, 3.63) is 112 Å². The lowest BCUT2D eigenvalue weighted by Gasteiger charge is -2.35. The number of aliphatic hydroxyl groups excluding tert-OH is 1. The van der Waals surface area contributed by atoms with Crippen LogP contribution in [0.25, 0.3) is 43.9 Å². The van der Waals surface area contributed by atoms with Gasteiger partial charge >= 0.3 is 0 Å². The fourth-order valence-corrected chi connectivity index (χ4v) is 11.6. The summed E-state index contributed by atoms with van der Waals surface area (Å²) in [4.78, 5) is 57.2. The van der Waals surface area contributed by atoms with Crippen molar-refractivity contribution in [1.82, 2.24) is 40.4 Å². The number of thiazole rings is 1. The van der Waals surface area contributed by atoms with E-state index in [9.17, 15) is 23.9 Å². The molecule has 12 nitrogen and oxygen atoms in total. The number of aliphatic hydroxyl groups is 1. The number of aromatic nitrogens is 4. The smallest absolute Gasteiger partial charge is 0.246 e. The lowest BCUT2D eigenvalue weighted by molar-refractivity contribution is -0.144. The van der Waals surface area contributed by atoms with E-state index in [4.69, 9.17) is 4.98 Å². The highest BCUT2D eigenvalue weighted by molar-refractivity contribution is 7.13.